The van der Waals surface area contributed by atoms with Gasteiger partial charge in [-0.25, -0.2) is 9.37 Å². The summed E-state index contributed by atoms with van der Waals surface area (Å²) >= 11 is 1.40. The zero-order chi connectivity index (χ0) is 18.7. The van der Waals surface area contributed by atoms with E-state index in [9.17, 15) is 14.0 Å². The van der Waals surface area contributed by atoms with Crippen molar-refractivity contribution in [3.63, 3.8) is 0 Å². The van der Waals surface area contributed by atoms with Crippen LogP contribution in [0.2, 0.25) is 0 Å². The topological polar surface area (TPSA) is 52.0 Å². The molecule has 1 aromatic heterocycles. The highest BCUT2D eigenvalue weighted by molar-refractivity contribution is 7.99. The van der Waals surface area contributed by atoms with Crippen molar-refractivity contribution in [1.29, 1.82) is 0 Å². The standard InChI is InChI=1S/C20H19FN2O2S/c1-13-9-10-15(12-17(13)21)23-19(25)16-7-3-4-8-18(16)22-20(23)26-11-5-6-14(2)24/h3-4,7-10,12H,5-6,11H2,1-2H3. The lowest BCUT2D eigenvalue weighted by molar-refractivity contribution is -0.117. The Kier molecular flexibility index (Phi) is 5.52. The van der Waals surface area contributed by atoms with Gasteiger partial charge < -0.3 is 4.79 Å². The van der Waals surface area contributed by atoms with Gasteiger partial charge in [0.05, 0.1) is 16.6 Å². The molecule has 0 fully saturated rings. The molecule has 0 amide bonds. The Hall–Kier alpha value is -2.47. The van der Waals surface area contributed by atoms with Gasteiger partial charge in [-0.3, -0.25) is 9.36 Å². The molecule has 0 N–H and O–H groups in total. The molecular weight excluding hydrogens is 351 g/mol. The van der Waals surface area contributed by atoms with E-state index in [2.05, 4.69) is 4.98 Å². The molecular formula is C20H19FN2O2S. The highest BCUT2D eigenvalue weighted by atomic mass is 32.2. The van der Waals surface area contributed by atoms with Crippen LogP contribution in [-0.2, 0) is 4.79 Å². The van der Waals surface area contributed by atoms with Crippen LogP contribution in [0.5, 0.6) is 0 Å². The van der Waals surface area contributed by atoms with Crippen molar-refractivity contribution in [2.75, 3.05) is 5.75 Å². The van der Waals surface area contributed by atoms with Gasteiger partial charge >= 0.3 is 0 Å². The molecule has 0 saturated carbocycles. The monoisotopic (exact) mass is 370 g/mol. The van der Waals surface area contributed by atoms with E-state index in [1.165, 1.54) is 22.4 Å². The smallest absolute Gasteiger partial charge is 0.266 e. The molecule has 0 aliphatic heterocycles. The number of rotatable bonds is 6. The number of para-hydroxylation sites is 1. The van der Waals surface area contributed by atoms with Gasteiger partial charge in [0.2, 0.25) is 0 Å². The van der Waals surface area contributed by atoms with Gasteiger partial charge in [0.15, 0.2) is 5.16 Å². The fourth-order valence-corrected chi connectivity index (χ4v) is 3.59. The van der Waals surface area contributed by atoms with Crippen LogP contribution in [0.1, 0.15) is 25.3 Å². The first-order chi connectivity index (χ1) is 12.5. The number of aryl methyl sites for hydroxylation is 1. The van der Waals surface area contributed by atoms with Crippen molar-refractivity contribution in [2.45, 2.75) is 31.8 Å². The number of carbonyl (C=O) groups is 1. The van der Waals surface area contributed by atoms with Crippen molar-refractivity contribution in [2.24, 2.45) is 0 Å². The van der Waals surface area contributed by atoms with Gasteiger partial charge in [-0.05, 0) is 50.1 Å². The van der Waals surface area contributed by atoms with Crippen LogP contribution in [0, 0.1) is 12.7 Å². The molecule has 0 aliphatic rings. The molecule has 3 rings (SSSR count). The maximum absolute atomic E-state index is 14.1. The first kappa shape index (κ1) is 18.3. The SMILES string of the molecule is CC(=O)CCCSc1nc2ccccc2c(=O)n1-c1ccc(C)c(F)c1. The van der Waals surface area contributed by atoms with Crippen LogP contribution >= 0.6 is 11.8 Å². The predicted molar refractivity (Wildman–Crippen MR) is 103 cm³/mol. The number of halogens is 1. The van der Waals surface area contributed by atoms with Crippen molar-refractivity contribution in [1.82, 2.24) is 9.55 Å². The normalized spacial score (nSPS) is 11.0. The zero-order valence-corrected chi connectivity index (χ0v) is 15.5. The fourth-order valence-electron chi connectivity index (χ4n) is 2.64. The molecule has 26 heavy (non-hydrogen) atoms. The number of ketones is 1. The number of thioether (sulfide) groups is 1. The molecule has 0 bridgehead atoms. The number of Topliss-reactive ketones (excluding diaryl/α,β-unsaturated/α-hetero) is 1. The summed E-state index contributed by atoms with van der Waals surface area (Å²) in [5, 5.41) is 0.988. The number of carbonyl (C=O) groups excluding carboxylic acids is 1. The average molecular weight is 370 g/mol. The molecule has 4 nitrogen and oxygen atoms in total. The maximum atomic E-state index is 14.1. The highest BCUT2D eigenvalue weighted by Gasteiger charge is 2.14. The number of hydrogen-bond acceptors (Lipinski definition) is 4. The third kappa shape index (κ3) is 3.85. The summed E-state index contributed by atoms with van der Waals surface area (Å²) < 4.78 is 15.5. The lowest BCUT2D eigenvalue weighted by Crippen LogP contribution is -2.22. The number of fused-ring (bicyclic) bond motifs is 1. The van der Waals surface area contributed by atoms with E-state index in [1.807, 2.05) is 6.07 Å². The Morgan fingerprint density at radius 3 is 2.73 bits per heavy atom. The van der Waals surface area contributed by atoms with Crippen LogP contribution < -0.4 is 5.56 Å². The second-order valence-electron chi connectivity index (χ2n) is 6.14. The molecule has 2 aromatic carbocycles. The highest BCUT2D eigenvalue weighted by Crippen LogP contribution is 2.23. The van der Waals surface area contributed by atoms with Crippen molar-refractivity contribution < 1.29 is 9.18 Å². The van der Waals surface area contributed by atoms with E-state index in [1.54, 1.807) is 44.2 Å². The van der Waals surface area contributed by atoms with Gasteiger partial charge in [0.1, 0.15) is 11.6 Å². The van der Waals surface area contributed by atoms with E-state index in [0.717, 1.165) is 0 Å². The van der Waals surface area contributed by atoms with Gasteiger partial charge in [0, 0.05) is 12.2 Å². The summed E-state index contributed by atoms with van der Waals surface area (Å²) in [4.78, 5) is 28.7. The maximum Gasteiger partial charge on any atom is 0.266 e. The summed E-state index contributed by atoms with van der Waals surface area (Å²) in [6.45, 7) is 3.24. The molecule has 0 radical (unpaired) electrons. The molecule has 6 heteroatoms. The van der Waals surface area contributed by atoms with Gasteiger partial charge in [-0.1, -0.05) is 30.0 Å². The summed E-state index contributed by atoms with van der Waals surface area (Å²) in [5.74, 6) is 0.420. The first-order valence-corrected chi connectivity index (χ1v) is 9.36. The van der Waals surface area contributed by atoms with Gasteiger partial charge in [-0.15, -0.1) is 0 Å². The fraction of sp³-hybridized carbons (Fsp3) is 0.250. The molecule has 0 atom stereocenters. The molecule has 1 heterocycles. The molecule has 3 aromatic rings. The van der Waals surface area contributed by atoms with Crippen LogP contribution in [0.3, 0.4) is 0 Å². The lowest BCUT2D eigenvalue weighted by Gasteiger charge is -2.13. The van der Waals surface area contributed by atoms with Crippen molar-refractivity contribution in [3.8, 4) is 5.69 Å². The molecule has 0 saturated heterocycles. The second kappa shape index (κ2) is 7.83. The molecule has 0 spiro atoms. The summed E-state index contributed by atoms with van der Waals surface area (Å²) in [5.41, 5.74) is 1.35. The minimum absolute atomic E-state index is 0.134. The van der Waals surface area contributed by atoms with E-state index >= 15 is 0 Å². The quantitative estimate of drug-likeness (QED) is 0.369. The number of nitrogens with zero attached hydrogens (tertiary/aromatic N) is 2. The molecule has 134 valence electrons. The van der Waals surface area contributed by atoms with Crippen LogP contribution in [0.15, 0.2) is 52.4 Å². The second-order valence-corrected chi connectivity index (χ2v) is 7.20. The minimum atomic E-state index is -0.366. The Morgan fingerprint density at radius 1 is 1.23 bits per heavy atom. The van der Waals surface area contributed by atoms with Crippen molar-refractivity contribution in [3.05, 3.63) is 64.2 Å². The third-order valence-electron chi connectivity index (χ3n) is 4.06. The molecule has 0 aliphatic carbocycles. The van der Waals surface area contributed by atoms with E-state index in [4.69, 9.17) is 0 Å². The summed E-state index contributed by atoms with van der Waals surface area (Å²) in [6.07, 6.45) is 1.19. The van der Waals surface area contributed by atoms with Crippen LogP contribution in [-0.4, -0.2) is 21.1 Å². The largest absolute Gasteiger partial charge is 0.300 e. The van der Waals surface area contributed by atoms with E-state index < -0.39 is 0 Å². The lowest BCUT2D eigenvalue weighted by atomic mass is 10.2. The van der Waals surface area contributed by atoms with Gasteiger partial charge in [-0.2, -0.15) is 0 Å². The first-order valence-electron chi connectivity index (χ1n) is 8.38. The van der Waals surface area contributed by atoms with Gasteiger partial charge in [0.25, 0.3) is 5.56 Å². The van der Waals surface area contributed by atoms with Crippen molar-refractivity contribution >= 4 is 28.4 Å². The Labute approximate surface area is 155 Å². The predicted octanol–water partition coefficient (Wildman–Crippen LogP) is 4.29. The zero-order valence-electron chi connectivity index (χ0n) is 14.7. The Bertz CT molecular complexity index is 1030. The Morgan fingerprint density at radius 2 is 2.00 bits per heavy atom. The van der Waals surface area contributed by atoms with Crippen LogP contribution in [0.25, 0.3) is 16.6 Å². The minimum Gasteiger partial charge on any atom is -0.300 e. The van der Waals surface area contributed by atoms with E-state index in [-0.39, 0.29) is 17.2 Å². The number of benzene rings is 2. The Balaban J connectivity index is 2.09. The number of aromatic nitrogens is 2. The van der Waals surface area contributed by atoms with Crippen LogP contribution in [0.4, 0.5) is 4.39 Å². The number of hydrogen-bond donors (Lipinski definition) is 0. The van der Waals surface area contributed by atoms with E-state index in [0.29, 0.717) is 45.9 Å². The summed E-state index contributed by atoms with van der Waals surface area (Å²) in [6, 6.07) is 11.8. The molecule has 0 unspecified atom stereocenters. The average Bonchev–Trinajstić information content (AvgIpc) is 2.61. The summed E-state index contributed by atoms with van der Waals surface area (Å²) in [7, 11) is 0. The third-order valence-corrected chi connectivity index (χ3v) is 5.09.